The molecule has 4 rings (SSSR count). The van der Waals surface area contributed by atoms with Crippen LogP contribution in [-0.2, 0) is 25.5 Å². The number of hydrogen-bond acceptors (Lipinski definition) is 8. The second-order valence-electron chi connectivity index (χ2n) is 9.15. The van der Waals surface area contributed by atoms with Crippen LogP contribution in [0.4, 0.5) is 0 Å². The second kappa shape index (κ2) is 17.7. The minimum Gasteiger partial charge on any atom is -0.493 e. The average Bonchev–Trinajstić information content (AvgIpc) is 2.98. The van der Waals surface area contributed by atoms with E-state index in [1.165, 1.54) is 48.2 Å². The SMILES string of the molecule is CCC(=O)O[C@@H](C)Cc1ccccc1.COc1ccnc(C(N)=O)c1OCOC(C)=O.Cc1ccc2ccccc2c1.[HH]. The van der Waals surface area contributed by atoms with Crippen LogP contribution in [0, 0.1) is 6.92 Å². The molecule has 4 aromatic rings. The Kier molecular flexibility index (Phi) is 14.0. The van der Waals surface area contributed by atoms with Gasteiger partial charge in [-0.3, -0.25) is 14.4 Å². The maximum Gasteiger partial charge on any atom is 0.305 e. The average molecular weight is 577 g/mol. The van der Waals surface area contributed by atoms with Gasteiger partial charge in [0.15, 0.2) is 17.2 Å². The van der Waals surface area contributed by atoms with Crippen molar-refractivity contribution in [3.8, 4) is 11.5 Å². The maximum absolute atomic E-state index is 11.1. The van der Waals surface area contributed by atoms with Gasteiger partial charge in [0.25, 0.3) is 5.91 Å². The second-order valence-corrected chi connectivity index (χ2v) is 9.15. The van der Waals surface area contributed by atoms with Crippen LogP contribution in [0.25, 0.3) is 10.8 Å². The lowest BCUT2D eigenvalue weighted by Gasteiger charge is -2.12. The molecule has 3 aromatic carbocycles. The van der Waals surface area contributed by atoms with Gasteiger partial charge in [0, 0.05) is 33.5 Å². The molecule has 0 fully saturated rings. The van der Waals surface area contributed by atoms with Crippen molar-refractivity contribution in [3.63, 3.8) is 0 Å². The monoisotopic (exact) mass is 576 g/mol. The predicted molar refractivity (Wildman–Crippen MR) is 163 cm³/mol. The Bertz CT molecular complexity index is 1450. The van der Waals surface area contributed by atoms with Gasteiger partial charge in [-0.15, -0.1) is 0 Å². The number of aryl methyl sites for hydroxylation is 1. The van der Waals surface area contributed by atoms with Gasteiger partial charge < -0.3 is 24.7 Å². The molecule has 0 unspecified atom stereocenters. The van der Waals surface area contributed by atoms with Crippen molar-refractivity contribution >= 4 is 28.6 Å². The van der Waals surface area contributed by atoms with Crippen molar-refractivity contribution in [1.29, 1.82) is 0 Å². The van der Waals surface area contributed by atoms with Crippen LogP contribution in [0.2, 0.25) is 0 Å². The molecule has 0 aliphatic rings. The van der Waals surface area contributed by atoms with E-state index in [1.54, 1.807) is 6.92 Å². The summed E-state index contributed by atoms with van der Waals surface area (Å²) < 4.78 is 19.8. The van der Waals surface area contributed by atoms with Gasteiger partial charge in [0.2, 0.25) is 6.79 Å². The molecule has 1 aromatic heterocycles. The third-order valence-electron chi connectivity index (χ3n) is 5.68. The molecule has 0 aliphatic carbocycles. The zero-order valence-electron chi connectivity index (χ0n) is 24.7. The topological polar surface area (TPSA) is 127 Å². The fourth-order valence-corrected chi connectivity index (χ4v) is 3.68. The molecule has 0 saturated heterocycles. The molecule has 1 atom stereocenters. The van der Waals surface area contributed by atoms with Crippen LogP contribution < -0.4 is 15.2 Å². The lowest BCUT2D eigenvalue weighted by molar-refractivity contribution is -0.148. The normalized spacial score (nSPS) is 10.6. The zero-order valence-corrected chi connectivity index (χ0v) is 24.7. The number of esters is 2. The van der Waals surface area contributed by atoms with Crippen molar-refractivity contribution < 1.29 is 34.8 Å². The number of hydrogen-bond donors (Lipinski definition) is 1. The first-order valence-corrected chi connectivity index (χ1v) is 13.4. The molecule has 0 radical (unpaired) electrons. The summed E-state index contributed by atoms with van der Waals surface area (Å²) in [5.74, 6) is -1.08. The van der Waals surface area contributed by atoms with Gasteiger partial charge >= 0.3 is 11.9 Å². The van der Waals surface area contributed by atoms with Gasteiger partial charge in [-0.1, -0.05) is 85.3 Å². The van der Waals surface area contributed by atoms with Gasteiger partial charge in [0.05, 0.1) is 7.11 Å². The number of ether oxygens (including phenoxy) is 4. The van der Waals surface area contributed by atoms with E-state index >= 15 is 0 Å². The van der Waals surface area contributed by atoms with Crippen molar-refractivity contribution in [2.75, 3.05) is 13.9 Å². The fourth-order valence-electron chi connectivity index (χ4n) is 3.68. The lowest BCUT2D eigenvalue weighted by Crippen LogP contribution is -2.17. The molecular weight excluding hydrogens is 536 g/mol. The molecule has 1 amide bonds. The van der Waals surface area contributed by atoms with Crippen LogP contribution in [-0.4, -0.2) is 42.8 Å². The Hall–Kier alpha value is -4.92. The third-order valence-corrected chi connectivity index (χ3v) is 5.68. The molecule has 0 spiro atoms. The number of carbonyl (C=O) groups excluding carboxylic acids is 3. The van der Waals surface area contributed by atoms with Crippen molar-refractivity contribution in [2.24, 2.45) is 5.73 Å². The van der Waals surface area contributed by atoms with Crippen LogP contribution in [0.1, 0.15) is 50.2 Å². The molecular formula is C33H40N2O7. The van der Waals surface area contributed by atoms with Crippen molar-refractivity contribution in [2.45, 2.75) is 46.6 Å². The van der Waals surface area contributed by atoms with E-state index in [9.17, 15) is 14.4 Å². The summed E-state index contributed by atoms with van der Waals surface area (Å²) in [4.78, 5) is 36.4. The van der Waals surface area contributed by atoms with E-state index in [4.69, 9.17) is 19.9 Å². The number of nitrogens with two attached hydrogens (primary N) is 1. The minimum absolute atomic E-state index is 0. The summed E-state index contributed by atoms with van der Waals surface area (Å²) >= 11 is 0. The smallest absolute Gasteiger partial charge is 0.305 e. The molecule has 9 heteroatoms. The fraction of sp³-hybridized carbons (Fsp3) is 0.273. The quantitative estimate of drug-likeness (QED) is 0.188. The molecule has 0 saturated carbocycles. The Morgan fingerprint density at radius 2 is 1.62 bits per heavy atom. The van der Waals surface area contributed by atoms with Gasteiger partial charge in [-0.2, -0.15) is 0 Å². The number of nitrogens with zero attached hydrogens (tertiary/aromatic N) is 1. The first-order chi connectivity index (χ1) is 20.1. The predicted octanol–water partition coefficient (Wildman–Crippen LogP) is 6.05. The summed E-state index contributed by atoms with van der Waals surface area (Å²) in [5, 5.41) is 2.64. The Morgan fingerprint density at radius 3 is 2.24 bits per heavy atom. The van der Waals surface area contributed by atoms with Crippen LogP contribution >= 0.6 is 0 Å². The van der Waals surface area contributed by atoms with Crippen molar-refractivity contribution in [3.05, 3.63) is 102 Å². The van der Waals surface area contributed by atoms with Gasteiger partial charge in [-0.25, -0.2) is 4.98 Å². The summed E-state index contributed by atoms with van der Waals surface area (Å²) in [6.07, 6.45) is 2.55. The van der Waals surface area contributed by atoms with Gasteiger partial charge in [0.1, 0.15) is 6.10 Å². The number of methoxy groups -OCH3 is 1. The van der Waals surface area contributed by atoms with Crippen LogP contribution in [0.15, 0.2) is 85.1 Å². The number of primary amides is 1. The lowest BCUT2D eigenvalue weighted by atomic mass is 10.1. The number of amides is 1. The highest BCUT2D eigenvalue weighted by molar-refractivity contribution is 5.94. The zero-order chi connectivity index (χ0) is 30.9. The minimum atomic E-state index is -0.762. The highest BCUT2D eigenvalue weighted by Gasteiger charge is 2.16. The molecule has 0 bridgehead atoms. The van der Waals surface area contributed by atoms with Gasteiger partial charge in [-0.05, 0) is 30.2 Å². The number of benzene rings is 3. The summed E-state index contributed by atoms with van der Waals surface area (Å²) in [7, 11) is 1.40. The van der Waals surface area contributed by atoms with E-state index in [1.807, 2.05) is 37.3 Å². The molecule has 42 heavy (non-hydrogen) atoms. The molecule has 9 nitrogen and oxygen atoms in total. The molecule has 1 heterocycles. The van der Waals surface area contributed by atoms with E-state index < -0.39 is 11.9 Å². The Labute approximate surface area is 248 Å². The first kappa shape index (κ1) is 33.3. The van der Waals surface area contributed by atoms with Crippen molar-refractivity contribution in [1.82, 2.24) is 4.98 Å². The van der Waals surface area contributed by atoms with E-state index in [0.29, 0.717) is 6.42 Å². The number of rotatable bonds is 9. The molecule has 224 valence electrons. The number of pyridine rings is 1. The number of fused-ring (bicyclic) bond motifs is 1. The molecule has 0 aliphatic heterocycles. The maximum atomic E-state index is 11.1. The number of carbonyl (C=O) groups is 3. The van der Waals surface area contributed by atoms with E-state index in [2.05, 4.69) is 59.1 Å². The van der Waals surface area contributed by atoms with E-state index in [0.717, 1.165) is 6.42 Å². The highest BCUT2D eigenvalue weighted by atomic mass is 16.7. The summed E-state index contributed by atoms with van der Waals surface area (Å²) in [6.45, 7) is 6.72. The van der Waals surface area contributed by atoms with Crippen LogP contribution in [0.5, 0.6) is 11.5 Å². The molecule has 2 N–H and O–H groups in total. The van der Waals surface area contributed by atoms with Crippen LogP contribution in [0.3, 0.4) is 0 Å². The third kappa shape index (κ3) is 11.7. The summed E-state index contributed by atoms with van der Waals surface area (Å²) in [6, 6.07) is 26.4. The summed E-state index contributed by atoms with van der Waals surface area (Å²) in [5.41, 5.74) is 7.56. The first-order valence-electron chi connectivity index (χ1n) is 13.4. The van der Waals surface area contributed by atoms with E-state index in [-0.39, 0.29) is 37.5 Å². The Morgan fingerprint density at radius 1 is 0.952 bits per heavy atom. The Balaban J connectivity index is 0.000000325. The standard InChI is InChI=1S/C12H16O2.C11H10.C10H12N2O5.H2/c1-3-12(13)14-10(2)9-11-7-5-4-6-8-11;1-9-6-7-10-4-2-3-5-11(10)8-9;1-6(13)16-5-17-9-7(15-2)3-4-12-8(9)10(11)14;/h4-8,10H,3,9H2,1-2H3;2-8H,1H3;3-4H,5H2,1-2H3,(H2,11,14);1H/t10-;;;/m0.../s1. The highest BCUT2D eigenvalue weighted by Crippen LogP contribution is 2.29. The largest absolute Gasteiger partial charge is 0.493 e. The number of aromatic nitrogens is 1.